The minimum Gasteiger partial charge on any atom is -0.481 e. The average molecular weight is 477 g/mol. The van der Waals surface area contributed by atoms with Crippen molar-refractivity contribution in [3.05, 3.63) is 59.7 Å². The highest BCUT2D eigenvalue weighted by atomic mass is 16.5. The lowest BCUT2D eigenvalue weighted by Crippen LogP contribution is -2.48. The number of aliphatic carboxylic acids is 1. The van der Waals surface area contributed by atoms with Gasteiger partial charge in [0.15, 0.2) is 0 Å². The van der Waals surface area contributed by atoms with Crippen molar-refractivity contribution in [2.24, 2.45) is 11.8 Å². The smallest absolute Gasteiger partial charge is 0.407 e. The molecule has 1 saturated heterocycles. The van der Waals surface area contributed by atoms with E-state index in [1.54, 1.807) is 0 Å². The first-order chi connectivity index (χ1) is 16.9. The summed E-state index contributed by atoms with van der Waals surface area (Å²) in [6.45, 7) is 2.68. The predicted octanol–water partition coefficient (Wildman–Crippen LogP) is 4.41. The monoisotopic (exact) mass is 476 g/mol. The molecule has 3 aliphatic rings. The van der Waals surface area contributed by atoms with Crippen LogP contribution < -0.4 is 5.32 Å². The van der Waals surface area contributed by atoms with Gasteiger partial charge in [-0.3, -0.25) is 9.59 Å². The maximum atomic E-state index is 13.1. The number of carboxylic acid groups (broad SMARTS) is 1. The van der Waals surface area contributed by atoms with Gasteiger partial charge in [0.05, 0.1) is 5.92 Å². The Labute approximate surface area is 205 Å². The number of piperidine rings is 1. The first kappa shape index (κ1) is 23.4. The molecule has 5 rings (SSSR count). The van der Waals surface area contributed by atoms with Gasteiger partial charge < -0.3 is 20.1 Å². The molecule has 1 saturated carbocycles. The highest BCUT2D eigenvalue weighted by Gasteiger charge is 2.38. The first-order valence-corrected chi connectivity index (χ1v) is 12.6. The van der Waals surface area contributed by atoms with Gasteiger partial charge in [-0.2, -0.15) is 0 Å². The van der Waals surface area contributed by atoms with E-state index in [1.165, 1.54) is 22.3 Å². The summed E-state index contributed by atoms with van der Waals surface area (Å²) in [6, 6.07) is 16.3. The second-order valence-corrected chi connectivity index (χ2v) is 10.1. The highest BCUT2D eigenvalue weighted by molar-refractivity contribution is 5.81. The number of fused-ring (bicyclic) bond motifs is 3. The quantitative estimate of drug-likeness (QED) is 0.667. The van der Waals surface area contributed by atoms with Crippen LogP contribution in [-0.4, -0.2) is 53.2 Å². The molecule has 1 aliphatic heterocycles. The Morgan fingerprint density at radius 1 is 0.943 bits per heavy atom. The van der Waals surface area contributed by atoms with Crippen LogP contribution in [0.15, 0.2) is 48.5 Å². The number of alkyl carbamates (subject to hydrolysis) is 1. The van der Waals surface area contributed by atoms with Crippen LogP contribution in [0.1, 0.15) is 56.1 Å². The standard InChI is InChI=1S/C28H32N2O5/c1-17-14-19(27(32)33)12-13-30(17)26(31)18-10-11-20(15-18)29-28(34)35-16-25-23-8-4-2-6-21(23)22-7-3-5-9-24(22)25/h2-9,17-20,25H,10-16H2,1H3,(H,29,34)(H,32,33)/t17-,18-,19-,20+/m0/s1. The molecule has 184 valence electrons. The third-order valence-electron chi connectivity index (χ3n) is 7.96. The molecule has 7 heteroatoms. The molecule has 0 unspecified atom stereocenters. The Balaban J connectivity index is 1.13. The van der Waals surface area contributed by atoms with Gasteiger partial charge in [-0.15, -0.1) is 0 Å². The summed E-state index contributed by atoms with van der Waals surface area (Å²) in [5, 5.41) is 12.2. The predicted molar refractivity (Wildman–Crippen MR) is 131 cm³/mol. The molecule has 0 spiro atoms. The SMILES string of the molecule is C[C@H]1C[C@@H](C(=O)O)CCN1C(=O)[C@H]1CC[C@@H](NC(=O)OCC2c3ccccc3-c3ccccc32)C1. The van der Waals surface area contributed by atoms with E-state index in [0.717, 1.165) is 12.8 Å². The van der Waals surface area contributed by atoms with Crippen molar-refractivity contribution < 1.29 is 24.2 Å². The van der Waals surface area contributed by atoms with E-state index in [0.29, 0.717) is 25.8 Å². The molecule has 7 nitrogen and oxygen atoms in total. The molecule has 2 fully saturated rings. The molecule has 4 atom stereocenters. The molecular weight excluding hydrogens is 444 g/mol. The minimum atomic E-state index is -0.780. The van der Waals surface area contributed by atoms with E-state index < -0.39 is 12.1 Å². The fourth-order valence-corrected chi connectivity index (χ4v) is 6.10. The lowest BCUT2D eigenvalue weighted by molar-refractivity contribution is -0.148. The van der Waals surface area contributed by atoms with Crippen LogP contribution in [0, 0.1) is 11.8 Å². The van der Waals surface area contributed by atoms with Crippen molar-refractivity contribution in [1.29, 1.82) is 0 Å². The molecule has 2 N–H and O–H groups in total. The minimum absolute atomic E-state index is 0.0151. The van der Waals surface area contributed by atoms with Crippen LogP contribution in [-0.2, 0) is 14.3 Å². The van der Waals surface area contributed by atoms with Gasteiger partial charge in [-0.05, 0) is 61.3 Å². The second kappa shape index (κ2) is 9.72. The molecular formula is C28H32N2O5. The molecule has 0 bridgehead atoms. The largest absolute Gasteiger partial charge is 0.481 e. The molecule has 2 aromatic carbocycles. The first-order valence-electron chi connectivity index (χ1n) is 12.6. The summed E-state index contributed by atoms with van der Waals surface area (Å²) in [7, 11) is 0. The fraction of sp³-hybridized carbons (Fsp3) is 0.464. The van der Waals surface area contributed by atoms with Crippen molar-refractivity contribution in [2.75, 3.05) is 13.2 Å². The average Bonchev–Trinajstić information content (AvgIpc) is 3.45. The number of carbonyl (C=O) groups is 3. The molecule has 2 aromatic rings. The molecule has 0 aromatic heterocycles. The van der Waals surface area contributed by atoms with E-state index >= 15 is 0 Å². The zero-order chi connectivity index (χ0) is 24.5. The third kappa shape index (κ3) is 4.64. The third-order valence-corrected chi connectivity index (χ3v) is 7.96. The number of likely N-dealkylation sites (tertiary alicyclic amines) is 1. The van der Waals surface area contributed by atoms with Crippen molar-refractivity contribution in [3.63, 3.8) is 0 Å². The van der Waals surface area contributed by atoms with Crippen LogP contribution in [0.2, 0.25) is 0 Å². The second-order valence-electron chi connectivity index (χ2n) is 10.1. The number of benzene rings is 2. The van der Waals surface area contributed by atoms with E-state index in [4.69, 9.17) is 4.74 Å². The van der Waals surface area contributed by atoms with Crippen molar-refractivity contribution in [1.82, 2.24) is 10.2 Å². The number of ether oxygens (including phenoxy) is 1. The number of hydrogen-bond donors (Lipinski definition) is 2. The number of hydrogen-bond acceptors (Lipinski definition) is 4. The maximum Gasteiger partial charge on any atom is 0.407 e. The van der Waals surface area contributed by atoms with Gasteiger partial charge in [-0.1, -0.05) is 48.5 Å². The molecule has 2 amide bonds. The summed E-state index contributed by atoms with van der Waals surface area (Å²) in [6.07, 6.45) is 2.60. The van der Waals surface area contributed by atoms with Crippen LogP contribution in [0.3, 0.4) is 0 Å². The zero-order valence-electron chi connectivity index (χ0n) is 20.0. The van der Waals surface area contributed by atoms with E-state index in [-0.39, 0.29) is 42.4 Å². The Morgan fingerprint density at radius 3 is 2.23 bits per heavy atom. The molecule has 35 heavy (non-hydrogen) atoms. The van der Waals surface area contributed by atoms with Crippen LogP contribution in [0.25, 0.3) is 11.1 Å². The zero-order valence-corrected chi connectivity index (χ0v) is 20.0. The van der Waals surface area contributed by atoms with Crippen molar-refractivity contribution >= 4 is 18.0 Å². The van der Waals surface area contributed by atoms with Gasteiger partial charge in [0, 0.05) is 30.5 Å². The van der Waals surface area contributed by atoms with Crippen molar-refractivity contribution in [3.8, 4) is 11.1 Å². The van der Waals surface area contributed by atoms with E-state index in [2.05, 4.69) is 29.6 Å². The summed E-state index contributed by atoms with van der Waals surface area (Å²) in [4.78, 5) is 38.8. The van der Waals surface area contributed by atoms with Gasteiger partial charge in [-0.25, -0.2) is 4.79 Å². The lowest BCUT2D eigenvalue weighted by atomic mass is 9.90. The van der Waals surface area contributed by atoms with Crippen LogP contribution in [0.4, 0.5) is 4.79 Å². The fourth-order valence-electron chi connectivity index (χ4n) is 6.10. The molecule has 2 aliphatic carbocycles. The Morgan fingerprint density at radius 2 is 1.60 bits per heavy atom. The van der Waals surface area contributed by atoms with Crippen LogP contribution >= 0.6 is 0 Å². The van der Waals surface area contributed by atoms with Gasteiger partial charge in [0.25, 0.3) is 0 Å². The van der Waals surface area contributed by atoms with Crippen LogP contribution in [0.5, 0.6) is 0 Å². The number of nitrogens with one attached hydrogen (secondary N) is 1. The van der Waals surface area contributed by atoms with Gasteiger partial charge in [0.1, 0.15) is 6.61 Å². The molecule has 1 heterocycles. The molecule has 0 radical (unpaired) electrons. The Hall–Kier alpha value is -3.35. The number of rotatable bonds is 5. The topological polar surface area (TPSA) is 95.9 Å². The van der Waals surface area contributed by atoms with Gasteiger partial charge >= 0.3 is 12.1 Å². The summed E-state index contributed by atoms with van der Waals surface area (Å²) >= 11 is 0. The number of nitrogens with zero attached hydrogens (tertiary/aromatic N) is 1. The summed E-state index contributed by atoms with van der Waals surface area (Å²) in [5.41, 5.74) is 4.73. The van der Waals surface area contributed by atoms with E-state index in [1.807, 2.05) is 36.1 Å². The van der Waals surface area contributed by atoms with Crippen molar-refractivity contribution in [2.45, 2.75) is 57.0 Å². The maximum absolute atomic E-state index is 13.1. The highest BCUT2D eigenvalue weighted by Crippen LogP contribution is 2.44. The van der Waals surface area contributed by atoms with Gasteiger partial charge in [0.2, 0.25) is 5.91 Å². The number of carbonyl (C=O) groups excluding carboxylic acids is 2. The summed E-state index contributed by atoms with van der Waals surface area (Å²) < 4.78 is 5.66. The Bertz CT molecular complexity index is 1090. The Kier molecular flexibility index (Phi) is 6.50. The normalized spacial score (nSPS) is 25.6. The number of carboxylic acids is 1. The lowest BCUT2D eigenvalue weighted by Gasteiger charge is -2.37. The summed E-state index contributed by atoms with van der Waals surface area (Å²) in [5.74, 6) is -1.20. The van der Waals surface area contributed by atoms with E-state index in [9.17, 15) is 19.5 Å². The number of amides is 2.